The lowest BCUT2D eigenvalue weighted by atomic mass is 9.97. The van der Waals surface area contributed by atoms with Crippen LogP contribution in [0.4, 0.5) is 0 Å². The minimum absolute atomic E-state index is 0.0182. The van der Waals surface area contributed by atoms with Gasteiger partial charge in [0, 0.05) is 12.6 Å². The first kappa shape index (κ1) is 16.4. The molecule has 112 valence electrons. The highest BCUT2D eigenvalue weighted by atomic mass is 32.2. The number of carboxylic acids is 1. The SMILES string of the molecule is CCNC(C)(CCN(C)C1CCS(=O)(=O)C1)C(=O)O. The molecule has 2 unspecified atom stereocenters. The van der Waals surface area contributed by atoms with E-state index in [0.29, 0.717) is 25.9 Å². The molecule has 0 aromatic carbocycles. The molecule has 0 aromatic heterocycles. The smallest absolute Gasteiger partial charge is 0.323 e. The Morgan fingerprint density at radius 2 is 2.16 bits per heavy atom. The number of nitrogens with zero attached hydrogens (tertiary/aromatic N) is 1. The van der Waals surface area contributed by atoms with E-state index in [9.17, 15) is 18.3 Å². The van der Waals surface area contributed by atoms with E-state index in [1.165, 1.54) is 0 Å². The van der Waals surface area contributed by atoms with E-state index in [2.05, 4.69) is 5.32 Å². The lowest BCUT2D eigenvalue weighted by Crippen LogP contribution is -2.51. The highest BCUT2D eigenvalue weighted by molar-refractivity contribution is 7.91. The maximum absolute atomic E-state index is 11.4. The molecule has 2 N–H and O–H groups in total. The van der Waals surface area contributed by atoms with Gasteiger partial charge in [-0.05, 0) is 33.4 Å². The van der Waals surface area contributed by atoms with Crippen LogP contribution in [-0.2, 0) is 14.6 Å². The second-order valence-electron chi connectivity index (χ2n) is 5.46. The van der Waals surface area contributed by atoms with Crippen LogP contribution in [0.2, 0.25) is 0 Å². The topological polar surface area (TPSA) is 86.7 Å². The molecule has 0 aliphatic carbocycles. The van der Waals surface area contributed by atoms with Crippen molar-refractivity contribution in [3.05, 3.63) is 0 Å². The molecule has 1 saturated heterocycles. The van der Waals surface area contributed by atoms with Gasteiger partial charge in [-0.1, -0.05) is 6.92 Å². The predicted octanol–water partition coefficient (Wildman–Crippen LogP) is -0.0518. The van der Waals surface area contributed by atoms with Crippen LogP contribution in [0.5, 0.6) is 0 Å². The van der Waals surface area contributed by atoms with Crippen molar-refractivity contribution in [3.63, 3.8) is 0 Å². The van der Waals surface area contributed by atoms with E-state index in [1.54, 1.807) is 6.92 Å². The molecule has 1 rings (SSSR count). The number of rotatable bonds is 7. The summed E-state index contributed by atoms with van der Waals surface area (Å²) in [5, 5.41) is 12.2. The summed E-state index contributed by atoms with van der Waals surface area (Å²) in [6.07, 6.45) is 1.09. The third-order valence-corrected chi connectivity index (χ3v) is 5.59. The van der Waals surface area contributed by atoms with E-state index in [1.807, 2.05) is 18.9 Å². The van der Waals surface area contributed by atoms with Gasteiger partial charge in [-0.25, -0.2) is 8.42 Å². The first-order chi connectivity index (χ1) is 8.70. The predicted molar refractivity (Wildman–Crippen MR) is 74.0 cm³/mol. The Hall–Kier alpha value is -0.660. The van der Waals surface area contributed by atoms with Crippen LogP contribution < -0.4 is 5.32 Å². The van der Waals surface area contributed by atoms with E-state index in [4.69, 9.17) is 0 Å². The molecule has 2 atom stereocenters. The number of carboxylic acid groups (broad SMARTS) is 1. The van der Waals surface area contributed by atoms with Crippen LogP contribution in [0.1, 0.15) is 26.7 Å². The minimum Gasteiger partial charge on any atom is -0.480 e. The number of hydrogen-bond acceptors (Lipinski definition) is 5. The van der Waals surface area contributed by atoms with Crippen LogP contribution in [0.25, 0.3) is 0 Å². The summed E-state index contributed by atoms with van der Waals surface area (Å²) in [7, 11) is -1.03. The fourth-order valence-corrected chi connectivity index (χ4v) is 4.17. The standard InChI is InChI=1S/C12H24N2O4S/c1-4-13-12(2,11(15)16)6-7-14(3)10-5-8-19(17,18)9-10/h10,13H,4-9H2,1-3H3,(H,15,16). The van der Waals surface area contributed by atoms with Crippen LogP contribution in [0, 0.1) is 0 Å². The number of hydrogen-bond donors (Lipinski definition) is 2. The summed E-state index contributed by atoms with van der Waals surface area (Å²) in [6.45, 7) is 4.69. The summed E-state index contributed by atoms with van der Waals surface area (Å²) in [6, 6.07) is 0.0182. The van der Waals surface area contributed by atoms with Gasteiger partial charge < -0.3 is 15.3 Å². The zero-order chi connectivity index (χ0) is 14.7. The number of likely N-dealkylation sites (N-methyl/N-ethyl adjacent to an activating group) is 1. The van der Waals surface area contributed by atoms with E-state index >= 15 is 0 Å². The Balaban J connectivity index is 2.53. The molecule has 0 saturated carbocycles. The normalized spacial score (nSPS) is 25.4. The molecule has 1 fully saturated rings. The highest BCUT2D eigenvalue weighted by Gasteiger charge is 2.35. The van der Waals surface area contributed by atoms with Gasteiger partial charge in [0.2, 0.25) is 0 Å². The Labute approximate surface area is 115 Å². The van der Waals surface area contributed by atoms with Crippen molar-refractivity contribution in [3.8, 4) is 0 Å². The summed E-state index contributed by atoms with van der Waals surface area (Å²) >= 11 is 0. The molecular weight excluding hydrogens is 268 g/mol. The quantitative estimate of drug-likeness (QED) is 0.684. The average molecular weight is 292 g/mol. The van der Waals surface area contributed by atoms with Crippen LogP contribution in [0.3, 0.4) is 0 Å². The lowest BCUT2D eigenvalue weighted by Gasteiger charge is -2.30. The van der Waals surface area contributed by atoms with Crippen molar-refractivity contribution in [1.29, 1.82) is 0 Å². The molecule has 6 nitrogen and oxygen atoms in total. The lowest BCUT2D eigenvalue weighted by molar-refractivity contribution is -0.144. The summed E-state index contributed by atoms with van der Waals surface area (Å²) in [4.78, 5) is 13.2. The van der Waals surface area contributed by atoms with Gasteiger partial charge in [-0.15, -0.1) is 0 Å². The van der Waals surface area contributed by atoms with Crippen molar-refractivity contribution in [1.82, 2.24) is 10.2 Å². The zero-order valence-electron chi connectivity index (χ0n) is 11.8. The van der Waals surface area contributed by atoms with E-state index in [0.717, 1.165) is 0 Å². The van der Waals surface area contributed by atoms with Crippen molar-refractivity contribution in [2.24, 2.45) is 0 Å². The van der Waals surface area contributed by atoms with Gasteiger partial charge in [0.25, 0.3) is 0 Å². The molecule has 0 amide bonds. The average Bonchev–Trinajstić information content (AvgIpc) is 2.67. The molecule has 1 heterocycles. The fraction of sp³-hybridized carbons (Fsp3) is 0.917. The Kier molecular flexibility index (Phi) is 5.34. The Bertz CT molecular complexity index is 423. The third-order valence-electron chi connectivity index (χ3n) is 3.84. The molecule has 0 spiro atoms. The number of aliphatic carboxylic acids is 1. The van der Waals surface area contributed by atoms with Crippen molar-refractivity contribution in [2.45, 2.75) is 38.3 Å². The molecule has 7 heteroatoms. The number of sulfone groups is 1. The maximum atomic E-state index is 11.4. The first-order valence-electron chi connectivity index (χ1n) is 6.59. The van der Waals surface area contributed by atoms with Crippen LogP contribution in [0.15, 0.2) is 0 Å². The summed E-state index contributed by atoms with van der Waals surface area (Å²) < 4.78 is 22.8. The fourth-order valence-electron chi connectivity index (χ4n) is 2.37. The van der Waals surface area contributed by atoms with Crippen molar-refractivity contribution < 1.29 is 18.3 Å². The summed E-state index contributed by atoms with van der Waals surface area (Å²) in [5.41, 5.74) is -0.958. The van der Waals surface area contributed by atoms with Gasteiger partial charge in [0.1, 0.15) is 5.54 Å². The minimum atomic E-state index is -2.89. The molecule has 0 aromatic rings. The molecule has 0 bridgehead atoms. The van der Waals surface area contributed by atoms with Gasteiger partial charge >= 0.3 is 5.97 Å². The van der Waals surface area contributed by atoms with Crippen molar-refractivity contribution in [2.75, 3.05) is 31.6 Å². The second-order valence-corrected chi connectivity index (χ2v) is 7.68. The first-order valence-corrected chi connectivity index (χ1v) is 8.41. The van der Waals surface area contributed by atoms with Gasteiger partial charge in [0.05, 0.1) is 11.5 Å². The Morgan fingerprint density at radius 1 is 1.53 bits per heavy atom. The highest BCUT2D eigenvalue weighted by Crippen LogP contribution is 2.18. The Morgan fingerprint density at radius 3 is 2.58 bits per heavy atom. The van der Waals surface area contributed by atoms with E-state index in [-0.39, 0.29) is 17.5 Å². The molecule has 1 aliphatic heterocycles. The maximum Gasteiger partial charge on any atom is 0.323 e. The molecule has 0 radical (unpaired) electrons. The van der Waals surface area contributed by atoms with Crippen molar-refractivity contribution >= 4 is 15.8 Å². The van der Waals surface area contributed by atoms with Gasteiger partial charge in [-0.3, -0.25) is 4.79 Å². The molecule has 19 heavy (non-hydrogen) atoms. The van der Waals surface area contributed by atoms with E-state index < -0.39 is 21.3 Å². The molecule has 1 aliphatic rings. The number of nitrogens with one attached hydrogen (secondary N) is 1. The largest absolute Gasteiger partial charge is 0.480 e. The third kappa shape index (κ3) is 4.43. The zero-order valence-corrected chi connectivity index (χ0v) is 12.7. The molecular formula is C12H24N2O4S. The second kappa shape index (κ2) is 6.19. The van der Waals surface area contributed by atoms with Gasteiger partial charge in [-0.2, -0.15) is 0 Å². The van der Waals surface area contributed by atoms with Gasteiger partial charge in [0.15, 0.2) is 9.84 Å². The summed E-state index contributed by atoms with van der Waals surface area (Å²) in [5.74, 6) is -0.443. The monoisotopic (exact) mass is 292 g/mol. The van der Waals surface area contributed by atoms with Crippen LogP contribution >= 0.6 is 0 Å². The van der Waals surface area contributed by atoms with Crippen LogP contribution in [-0.4, -0.2) is 67.6 Å². The number of carbonyl (C=O) groups is 1.